The number of carbonyl (C=O) groups excluding carboxylic acids is 1. The average Bonchev–Trinajstić information content (AvgIpc) is 2.80. The highest BCUT2D eigenvalue weighted by molar-refractivity contribution is 5.82. The summed E-state index contributed by atoms with van der Waals surface area (Å²) in [6.45, 7) is 3.57. The van der Waals surface area contributed by atoms with E-state index in [9.17, 15) is 14.0 Å². The maximum atomic E-state index is 13.3. The van der Waals surface area contributed by atoms with Crippen molar-refractivity contribution in [3.63, 3.8) is 0 Å². The molecule has 1 unspecified atom stereocenters. The van der Waals surface area contributed by atoms with Crippen molar-refractivity contribution in [3.05, 3.63) is 35.3 Å². The Morgan fingerprint density at radius 3 is 2.78 bits per heavy atom. The van der Waals surface area contributed by atoms with Gasteiger partial charge in [-0.2, -0.15) is 0 Å². The summed E-state index contributed by atoms with van der Waals surface area (Å²) in [6.07, 6.45) is 0. The van der Waals surface area contributed by atoms with E-state index in [0.717, 1.165) is 5.56 Å². The van der Waals surface area contributed by atoms with Crippen molar-refractivity contribution in [2.75, 3.05) is 13.6 Å². The first-order chi connectivity index (χ1) is 10.8. The Kier molecular flexibility index (Phi) is 4.88. The van der Waals surface area contributed by atoms with Crippen LogP contribution in [0.15, 0.2) is 22.6 Å². The minimum Gasteiger partial charge on any atom is -0.481 e. The average molecular weight is 322 g/mol. The molecule has 0 saturated carbocycles. The maximum absolute atomic E-state index is 13.3. The molecule has 2 N–H and O–H groups in total. The number of aryl methyl sites for hydroxylation is 1. The van der Waals surface area contributed by atoms with Crippen LogP contribution in [0.5, 0.6) is 0 Å². The van der Waals surface area contributed by atoms with E-state index in [-0.39, 0.29) is 18.9 Å². The van der Waals surface area contributed by atoms with Gasteiger partial charge in [0.25, 0.3) is 0 Å². The number of furan rings is 1. The zero-order valence-electron chi connectivity index (χ0n) is 13.2. The Hall–Kier alpha value is -2.57. The number of carboxylic acids is 1. The lowest BCUT2D eigenvalue weighted by molar-refractivity contribution is -0.141. The molecule has 1 atom stereocenters. The van der Waals surface area contributed by atoms with E-state index in [1.807, 2.05) is 0 Å². The molecular weight excluding hydrogens is 303 g/mol. The minimum atomic E-state index is -0.959. The maximum Gasteiger partial charge on any atom is 0.317 e. The summed E-state index contributed by atoms with van der Waals surface area (Å²) < 4.78 is 18.9. The van der Waals surface area contributed by atoms with Crippen LogP contribution < -0.4 is 5.32 Å². The SMILES string of the molecule is Cc1c(CNC(=O)N(C)CC(C)C(=O)O)oc2ccc(F)cc12. The fraction of sp³-hybridized carbons (Fsp3) is 0.375. The first-order valence-electron chi connectivity index (χ1n) is 7.19. The number of carboxylic acid groups (broad SMARTS) is 1. The van der Waals surface area contributed by atoms with Crippen LogP contribution >= 0.6 is 0 Å². The Bertz CT molecular complexity index is 741. The van der Waals surface area contributed by atoms with Crippen LogP contribution in [-0.2, 0) is 11.3 Å². The van der Waals surface area contributed by atoms with Gasteiger partial charge in [0.2, 0.25) is 0 Å². The molecule has 0 fully saturated rings. The number of aliphatic carboxylic acids is 1. The molecule has 2 rings (SSSR count). The van der Waals surface area contributed by atoms with Gasteiger partial charge in [0.15, 0.2) is 0 Å². The number of carbonyl (C=O) groups is 2. The number of nitrogens with zero attached hydrogens (tertiary/aromatic N) is 1. The molecule has 0 radical (unpaired) electrons. The molecule has 2 aromatic rings. The van der Waals surface area contributed by atoms with Crippen molar-refractivity contribution in [1.29, 1.82) is 0 Å². The topological polar surface area (TPSA) is 82.8 Å². The summed E-state index contributed by atoms with van der Waals surface area (Å²) >= 11 is 0. The first kappa shape index (κ1) is 16.8. The second-order valence-corrected chi connectivity index (χ2v) is 5.57. The van der Waals surface area contributed by atoms with Crippen LogP contribution in [0.4, 0.5) is 9.18 Å². The molecule has 0 aliphatic rings. The molecule has 23 heavy (non-hydrogen) atoms. The van der Waals surface area contributed by atoms with Gasteiger partial charge in [-0.1, -0.05) is 6.92 Å². The number of hydrogen-bond acceptors (Lipinski definition) is 3. The van der Waals surface area contributed by atoms with Gasteiger partial charge in [-0.05, 0) is 25.1 Å². The molecule has 0 aliphatic heterocycles. The summed E-state index contributed by atoms with van der Waals surface area (Å²) in [6, 6.07) is 3.85. The summed E-state index contributed by atoms with van der Waals surface area (Å²) in [4.78, 5) is 24.1. The predicted molar refractivity (Wildman–Crippen MR) is 82.6 cm³/mol. The Morgan fingerprint density at radius 1 is 1.43 bits per heavy atom. The van der Waals surface area contributed by atoms with Gasteiger partial charge in [-0.25, -0.2) is 9.18 Å². The van der Waals surface area contributed by atoms with E-state index < -0.39 is 17.9 Å². The van der Waals surface area contributed by atoms with Gasteiger partial charge in [-0.3, -0.25) is 4.79 Å². The smallest absolute Gasteiger partial charge is 0.317 e. The van der Waals surface area contributed by atoms with Crippen LogP contribution in [-0.4, -0.2) is 35.6 Å². The molecule has 124 valence electrons. The van der Waals surface area contributed by atoms with Crippen molar-refractivity contribution in [3.8, 4) is 0 Å². The lowest BCUT2D eigenvalue weighted by atomic mass is 10.1. The van der Waals surface area contributed by atoms with Crippen LogP contribution in [0, 0.1) is 18.7 Å². The van der Waals surface area contributed by atoms with Crippen LogP contribution in [0.3, 0.4) is 0 Å². The third-order valence-electron chi connectivity index (χ3n) is 3.71. The third kappa shape index (κ3) is 3.80. The fourth-order valence-electron chi connectivity index (χ4n) is 2.28. The van der Waals surface area contributed by atoms with Crippen LogP contribution in [0.2, 0.25) is 0 Å². The molecule has 0 bridgehead atoms. The van der Waals surface area contributed by atoms with Gasteiger partial charge in [0.1, 0.15) is 17.2 Å². The number of hydrogen-bond donors (Lipinski definition) is 2. The molecule has 1 aromatic carbocycles. The van der Waals surface area contributed by atoms with Gasteiger partial charge in [0, 0.05) is 24.5 Å². The second kappa shape index (κ2) is 6.68. The van der Waals surface area contributed by atoms with Crippen molar-refractivity contribution < 1.29 is 23.5 Å². The molecule has 6 nitrogen and oxygen atoms in total. The monoisotopic (exact) mass is 322 g/mol. The van der Waals surface area contributed by atoms with E-state index >= 15 is 0 Å². The molecular formula is C16H19FN2O4. The van der Waals surface area contributed by atoms with Crippen LogP contribution in [0.1, 0.15) is 18.2 Å². The number of fused-ring (bicyclic) bond motifs is 1. The summed E-state index contributed by atoms with van der Waals surface area (Å²) in [7, 11) is 1.52. The van der Waals surface area contributed by atoms with Crippen molar-refractivity contribution in [2.45, 2.75) is 20.4 Å². The quantitative estimate of drug-likeness (QED) is 0.886. The predicted octanol–water partition coefficient (Wildman–Crippen LogP) is 2.74. The van der Waals surface area contributed by atoms with Gasteiger partial charge >= 0.3 is 12.0 Å². The number of benzene rings is 1. The Labute approximate surface area is 132 Å². The Balaban J connectivity index is 2.02. The molecule has 1 heterocycles. The minimum absolute atomic E-state index is 0.103. The summed E-state index contributed by atoms with van der Waals surface area (Å²) in [5, 5.41) is 12.2. The zero-order valence-corrected chi connectivity index (χ0v) is 13.2. The number of amides is 2. The fourth-order valence-corrected chi connectivity index (χ4v) is 2.28. The number of halogens is 1. The van der Waals surface area contributed by atoms with Gasteiger partial charge in [0.05, 0.1) is 12.5 Å². The normalized spacial score (nSPS) is 12.2. The lowest BCUT2D eigenvalue weighted by Crippen LogP contribution is -2.40. The lowest BCUT2D eigenvalue weighted by Gasteiger charge is -2.19. The molecule has 0 saturated heterocycles. The number of rotatable bonds is 5. The van der Waals surface area contributed by atoms with E-state index in [1.54, 1.807) is 13.0 Å². The van der Waals surface area contributed by atoms with E-state index in [1.165, 1.54) is 31.0 Å². The highest BCUT2D eigenvalue weighted by atomic mass is 19.1. The summed E-state index contributed by atoms with van der Waals surface area (Å²) in [5.74, 6) is -1.42. The molecule has 7 heteroatoms. The Morgan fingerprint density at radius 2 is 2.13 bits per heavy atom. The van der Waals surface area contributed by atoms with Crippen LogP contribution in [0.25, 0.3) is 11.0 Å². The van der Waals surface area contributed by atoms with E-state index in [4.69, 9.17) is 9.52 Å². The largest absolute Gasteiger partial charge is 0.481 e. The van der Waals surface area contributed by atoms with E-state index in [0.29, 0.717) is 16.7 Å². The second-order valence-electron chi connectivity index (χ2n) is 5.57. The van der Waals surface area contributed by atoms with Crippen molar-refractivity contribution >= 4 is 23.0 Å². The third-order valence-corrected chi connectivity index (χ3v) is 3.71. The van der Waals surface area contributed by atoms with Crippen molar-refractivity contribution in [1.82, 2.24) is 10.2 Å². The van der Waals surface area contributed by atoms with Crippen molar-refractivity contribution in [2.24, 2.45) is 5.92 Å². The first-order valence-corrected chi connectivity index (χ1v) is 7.19. The molecule has 1 aromatic heterocycles. The zero-order chi connectivity index (χ0) is 17.1. The standard InChI is InChI=1S/C16H19FN2O4/c1-9(15(20)21)8-19(3)16(22)18-7-14-10(2)12-6-11(17)4-5-13(12)23-14/h4-6,9H,7-8H2,1-3H3,(H,18,22)(H,20,21). The molecule has 0 spiro atoms. The highest BCUT2D eigenvalue weighted by Crippen LogP contribution is 2.25. The highest BCUT2D eigenvalue weighted by Gasteiger charge is 2.18. The van der Waals surface area contributed by atoms with E-state index in [2.05, 4.69) is 5.32 Å². The molecule has 0 aliphatic carbocycles. The van der Waals surface area contributed by atoms with Gasteiger partial charge < -0.3 is 19.7 Å². The molecule has 2 amide bonds. The number of nitrogens with one attached hydrogen (secondary N) is 1. The summed E-state index contributed by atoms with van der Waals surface area (Å²) in [5.41, 5.74) is 1.32. The van der Waals surface area contributed by atoms with Gasteiger partial charge in [-0.15, -0.1) is 0 Å². The number of urea groups is 1.